The van der Waals surface area contributed by atoms with Crippen LogP contribution in [0.5, 0.6) is 0 Å². The Hall–Kier alpha value is -0.230. The summed E-state index contributed by atoms with van der Waals surface area (Å²) >= 11 is 17.4. The van der Waals surface area contributed by atoms with E-state index in [0.29, 0.717) is 0 Å². The molecular weight excluding hydrogens is 363 g/mol. The minimum Gasteiger partial charge on any atom is -0.459 e. The highest BCUT2D eigenvalue weighted by Gasteiger charge is 2.50. The maximum atomic E-state index is 12.7. The average Bonchev–Trinajstić information content (AvgIpc) is 2.88. The Labute approximate surface area is 137 Å². The second kappa shape index (κ2) is 7.86. The molecule has 1 rings (SSSR count). The molecule has 6 nitrogen and oxygen atoms in total. The highest BCUT2D eigenvalue weighted by molar-refractivity contribution is 7.55. The predicted octanol–water partition coefficient (Wildman–Crippen LogP) is 3.97. The van der Waals surface area contributed by atoms with E-state index in [4.69, 9.17) is 48.3 Å². The normalized spacial score (nSPS) is 14.0. The predicted molar refractivity (Wildman–Crippen MR) is 81.1 cm³/mol. The van der Waals surface area contributed by atoms with Gasteiger partial charge in [0.15, 0.2) is 11.5 Å². The van der Waals surface area contributed by atoms with Crippen LogP contribution in [0, 0.1) is 0 Å². The van der Waals surface area contributed by atoms with Crippen LogP contribution in [0.2, 0.25) is 0 Å². The number of carbonyl (C=O) groups excluding carboxylic acids is 1. The van der Waals surface area contributed by atoms with Crippen LogP contribution in [0.3, 0.4) is 0 Å². The van der Waals surface area contributed by atoms with Gasteiger partial charge in [0.05, 0.1) is 19.5 Å². The van der Waals surface area contributed by atoms with E-state index in [1.54, 1.807) is 13.8 Å². The van der Waals surface area contributed by atoms with Gasteiger partial charge in [-0.3, -0.25) is 9.36 Å². The van der Waals surface area contributed by atoms with Crippen LogP contribution in [-0.2, 0) is 13.6 Å². The Morgan fingerprint density at radius 1 is 1.38 bits per heavy atom. The third-order valence-corrected chi connectivity index (χ3v) is 5.75. The van der Waals surface area contributed by atoms with Crippen LogP contribution in [0.4, 0.5) is 0 Å². The van der Waals surface area contributed by atoms with Crippen LogP contribution in [0.1, 0.15) is 24.4 Å². The highest BCUT2D eigenvalue weighted by Crippen LogP contribution is 2.58. The molecule has 0 bridgehead atoms. The molecule has 1 aromatic rings. The zero-order chi connectivity index (χ0) is 16.1. The Bertz CT molecular complexity index is 492. The first-order valence-corrected chi connectivity index (χ1v) is 8.79. The van der Waals surface area contributed by atoms with Gasteiger partial charge >= 0.3 is 7.60 Å². The van der Waals surface area contributed by atoms with E-state index in [1.165, 1.54) is 18.4 Å². The number of alkyl halides is 3. The molecule has 0 spiro atoms. The van der Waals surface area contributed by atoms with Crippen molar-refractivity contribution >= 4 is 48.3 Å². The number of furan rings is 1. The molecule has 0 saturated heterocycles. The summed E-state index contributed by atoms with van der Waals surface area (Å²) in [6.45, 7) is 3.33. The SMILES string of the molecule is CCOP(=O)(OCC)C(NC(=O)c1ccco1)C(Cl)(Cl)Cl. The minimum atomic E-state index is -3.88. The topological polar surface area (TPSA) is 77.8 Å². The van der Waals surface area contributed by atoms with Crippen LogP contribution < -0.4 is 5.32 Å². The standard InChI is InChI=1S/C11H15Cl3NO5P/c1-3-19-21(17,20-4-2)10(11(12,13)14)15-9(16)8-6-5-7-18-8/h5-7,10H,3-4H2,1-2H3,(H,15,16). The lowest BCUT2D eigenvalue weighted by Crippen LogP contribution is -2.44. The molecule has 1 amide bonds. The van der Waals surface area contributed by atoms with Gasteiger partial charge in [-0.05, 0) is 26.0 Å². The Balaban J connectivity index is 3.05. The molecule has 0 aliphatic rings. The number of hydrogen-bond donors (Lipinski definition) is 1. The Morgan fingerprint density at radius 2 is 1.95 bits per heavy atom. The second-order valence-corrected chi connectivity index (χ2v) is 8.25. The zero-order valence-corrected chi connectivity index (χ0v) is 14.5. The monoisotopic (exact) mass is 377 g/mol. The second-order valence-electron chi connectivity index (χ2n) is 3.77. The minimum absolute atomic E-state index is 0.0196. The number of rotatable bonds is 7. The third kappa shape index (κ3) is 5.16. The summed E-state index contributed by atoms with van der Waals surface area (Å²) in [6.07, 6.45) is 1.31. The maximum Gasteiger partial charge on any atom is 0.357 e. The van der Waals surface area contributed by atoms with Crippen molar-refractivity contribution in [3.8, 4) is 0 Å². The zero-order valence-electron chi connectivity index (χ0n) is 11.3. The summed E-state index contributed by atoms with van der Waals surface area (Å²) in [5.41, 5.74) is 0. The molecule has 0 saturated carbocycles. The van der Waals surface area contributed by atoms with E-state index in [2.05, 4.69) is 5.32 Å². The first-order chi connectivity index (χ1) is 9.74. The molecule has 1 heterocycles. The molecule has 1 atom stereocenters. The van der Waals surface area contributed by atoms with Crippen molar-refractivity contribution in [1.82, 2.24) is 5.32 Å². The Morgan fingerprint density at radius 3 is 2.33 bits per heavy atom. The van der Waals surface area contributed by atoms with E-state index in [9.17, 15) is 9.36 Å². The molecule has 1 aromatic heterocycles. The van der Waals surface area contributed by atoms with Gasteiger partial charge in [-0.25, -0.2) is 0 Å². The number of amides is 1. The summed E-state index contributed by atoms with van der Waals surface area (Å²) in [4.78, 5) is 12.0. The third-order valence-electron chi connectivity index (χ3n) is 2.26. The molecule has 0 aliphatic carbocycles. The fraction of sp³-hybridized carbons (Fsp3) is 0.545. The van der Waals surface area contributed by atoms with Crippen LogP contribution in [0.25, 0.3) is 0 Å². The smallest absolute Gasteiger partial charge is 0.357 e. The van der Waals surface area contributed by atoms with Crippen LogP contribution >= 0.6 is 42.4 Å². The van der Waals surface area contributed by atoms with Gasteiger partial charge in [0.2, 0.25) is 3.79 Å². The molecule has 0 aromatic carbocycles. The number of hydrogen-bond acceptors (Lipinski definition) is 5. The summed E-state index contributed by atoms with van der Waals surface area (Å²) in [6, 6.07) is 2.93. The number of carbonyl (C=O) groups is 1. The lowest BCUT2D eigenvalue weighted by atomic mass is 10.4. The van der Waals surface area contributed by atoms with Gasteiger partial charge in [0.25, 0.3) is 5.91 Å². The summed E-state index contributed by atoms with van der Waals surface area (Å²) in [5, 5.41) is 2.33. The largest absolute Gasteiger partial charge is 0.459 e. The van der Waals surface area contributed by atoms with E-state index in [1.807, 2.05) is 0 Å². The van der Waals surface area contributed by atoms with Crippen molar-refractivity contribution in [2.24, 2.45) is 0 Å². The van der Waals surface area contributed by atoms with Crippen molar-refractivity contribution < 1.29 is 22.8 Å². The lowest BCUT2D eigenvalue weighted by Gasteiger charge is -2.31. The van der Waals surface area contributed by atoms with Gasteiger partial charge in [0, 0.05) is 0 Å². The summed E-state index contributed by atoms with van der Waals surface area (Å²) in [5.74, 6) is -2.20. The molecule has 0 aliphatic heterocycles. The first kappa shape index (κ1) is 18.8. The average molecular weight is 379 g/mol. The lowest BCUT2D eigenvalue weighted by molar-refractivity contribution is 0.0910. The molecular formula is C11H15Cl3NO5P. The molecule has 0 radical (unpaired) electrons. The fourth-order valence-electron chi connectivity index (χ4n) is 1.49. The molecule has 10 heteroatoms. The van der Waals surface area contributed by atoms with E-state index in [0.717, 1.165) is 0 Å². The quantitative estimate of drug-likeness (QED) is 0.574. The first-order valence-electron chi connectivity index (χ1n) is 6.04. The van der Waals surface area contributed by atoms with Crippen molar-refractivity contribution in [2.45, 2.75) is 23.4 Å². The number of halogens is 3. The number of nitrogens with one attached hydrogen (secondary N) is 1. The van der Waals surface area contributed by atoms with Crippen molar-refractivity contribution in [3.63, 3.8) is 0 Å². The van der Waals surface area contributed by atoms with Gasteiger partial charge in [-0.2, -0.15) is 0 Å². The van der Waals surface area contributed by atoms with Crippen LogP contribution in [-0.4, -0.2) is 28.7 Å². The molecule has 1 unspecified atom stereocenters. The highest BCUT2D eigenvalue weighted by atomic mass is 35.6. The van der Waals surface area contributed by atoms with E-state index >= 15 is 0 Å². The summed E-state index contributed by atoms with van der Waals surface area (Å²) in [7, 11) is -3.88. The van der Waals surface area contributed by atoms with E-state index in [-0.39, 0.29) is 19.0 Å². The van der Waals surface area contributed by atoms with Crippen molar-refractivity contribution in [2.75, 3.05) is 13.2 Å². The van der Waals surface area contributed by atoms with Crippen molar-refractivity contribution in [1.29, 1.82) is 0 Å². The molecule has 21 heavy (non-hydrogen) atoms. The van der Waals surface area contributed by atoms with Gasteiger partial charge in [-0.1, -0.05) is 34.8 Å². The van der Waals surface area contributed by atoms with E-state index < -0.39 is 23.1 Å². The van der Waals surface area contributed by atoms with Gasteiger partial charge < -0.3 is 18.8 Å². The molecule has 1 N–H and O–H groups in total. The Kier molecular flexibility index (Phi) is 7.04. The molecule has 0 fully saturated rings. The molecule has 120 valence electrons. The maximum absolute atomic E-state index is 12.7. The van der Waals surface area contributed by atoms with Gasteiger partial charge in [-0.15, -0.1) is 0 Å². The fourth-order valence-corrected chi connectivity index (χ4v) is 4.46. The van der Waals surface area contributed by atoms with Gasteiger partial charge in [0.1, 0.15) is 0 Å². The summed E-state index contributed by atoms with van der Waals surface area (Å²) < 4.78 is 25.8. The van der Waals surface area contributed by atoms with Crippen molar-refractivity contribution in [3.05, 3.63) is 24.2 Å². The van der Waals surface area contributed by atoms with Crippen LogP contribution in [0.15, 0.2) is 22.8 Å².